The van der Waals surface area contributed by atoms with Crippen molar-refractivity contribution < 1.29 is 9.84 Å². The summed E-state index contributed by atoms with van der Waals surface area (Å²) in [5, 5.41) is 10.4. The van der Waals surface area contributed by atoms with E-state index in [1.165, 1.54) is 11.6 Å². The molecule has 1 unspecified atom stereocenters. The number of anilines is 2. The van der Waals surface area contributed by atoms with Gasteiger partial charge in [0.15, 0.2) is 11.2 Å². The van der Waals surface area contributed by atoms with Crippen LogP contribution >= 0.6 is 0 Å². The molecule has 1 N–H and O–H groups in total. The molecule has 1 aliphatic rings. The molecule has 2 aromatic heterocycles. The summed E-state index contributed by atoms with van der Waals surface area (Å²) in [6.07, 6.45) is -0.677. The van der Waals surface area contributed by atoms with Gasteiger partial charge < -0.3 is 19.3 Å². The Labute approximate surface area is 148 Å². The van der Waals surface area contributed by atoms with E-state index in [0.717, 1.165) is 16.0 Å². The monoisotopic (exact) mass is 357 g/mol. The number of rotatable bonds is 2. The fourth-order valence-corrected chi connectivity index (χ4v) is 3.36. The lowest BCUT2D eigenvalue weighted by atomic mass is 10.2. The zero-order valence-corrected chi connectivity index (χ0v) is 14.7. The van der Waals surface area contributed by atoms with E-state index in [2.05, 4.69) is 4.98 Å². The molecule has 3 heterocycles. The molecule has 26 heavy (non-hydrogen) atoms. The SMILES string of the molecule is COc1ccc(N2CC(O)Cn3c2nc2c3c(=O)n(C)c(=O)n2C)cc1. The largest absolute Gasteiger partial charge is 0.497 e. The summed E-state index contributed by atoms with van der Waals surface area (Å²) in [4.78, 5) is 31.2. The minimum atomic E-state index is -0.677. The number of hydrogen-bond donors (Lipinski definition) is 1. The zero-order valence-electron chi connectivity index (χ0n) is 14.7. The van der Waals surface area contributed by atoms with Crippen molar-refractivity contribution in [2.75, 3.05) is 18.6 Å². The number of hydrogen-bond acceptors (Lipinski definition) is 6. The van der Waals surface area contributed by atoms with Gasteiger partial charge >= 0.3 is 5.69 Å². The van der Waals surface area contributed by atoms with Crippen LogP contribution in [0.5, 0.6) is 5.75 Å². The number of benzene rings is 1. The van der Waals surface area contributed by atoms with Gasteiger partial charge in [0.1, 0.15) is 5.75 Å². The maximum absolute atomic E-state index is 12.6. The minimum Gasteiger partial charge on any atom is -0.497 e. The highest BCUT2D eigenvalue weighted by Crippen LogP contribution is 2.31. The molecular formula is C17H19N5O4. The molecule has 1 aromatic carbocycles. The first kappa shape index (κ1) is 16.4. The standard InChI is InChI=1S/C17H19N5O4/c1-19-14-13(15(24)20(2)17(19)25)22-9-11(23)8-21(16(22)18-14)10-4-6-12(26-3)7-5-10/h4-7,11,23H,8-9H2,1-3H3. The molecule has 4 rings (SSSR count). The summed E-state index contributed by atoms with van der Waals surface area (Å²) in [6, 6.07) is 7.35. The molecular weight excluding hydrogens is 338 g/mol. The van der Waals surface area contributed by atoms with Crippen molar-refractivity contribution in [1.82, 2.24) is 18.7 Å². The number of aryl methyl sites for hydroxylation is 1. The van der Waals surface area contributed by atoms with E-state index in [4.69, 9.17) is 4.74 Å². The van der Waals surface area contributed by atoms with Gasteiger partial charge in [-0.3, -0.25) is 13.9 Å². The van der Waals surface area contributed by atoms with Gasteiger partial charge in [-0.1, -0.05) is 0 Å². The van der Waals surface area contributed by atoms with Crippen molar-refractivity contribution >= 4 is 22.8 Å². The molecule has 0 radical (unpaired) electrons. The normalized spacial score (nSPS) is 16.8. The quantitative estimate of drug-likeness (QED) is 0.691. The van der Waals surface area contributed by atoms with Crippen LogP contribution in [0.25, 0.3) is 11.2 Å². The number of aliphatic hydroxyl groups excluding tert-OH is 1. The highest BCUT2D eigenvalue weighted by atomic mass is 16.5. The third-order valence-electron chi connectivity index (χ3n) is 4.74. The van der Waals surface area contributed by atoms with Crippen LogP contribution in [0.2, 0.25) is 0 Å². The number of fused-ring (bicyclic) bond motifs is 3. The molecule has 1 atom stereocenters. The Kier molecular flexibility index (Phi) is 3.62. The first-order valence-corrected chi connectivity index (χ1v) is 8.18. The van der Waals surface area contributed by atoms with Crippen molar-refractivity contribution in [3.8, 4) is 5.75 Å². The number of ether oxygens (including phenoxy) is 1. The summed E-state index contributed by atoms with van der Waals surface area (Å²) in [5.74, 6) is 1.24. The van der Waals surface area contributed by atoms with Crippen LogP contribution in [0.3, 0.4) is 0 Å². The van der Waals surface area contributed by atoms with E-state index in [-0.39, 0.29) is 6.54 Å². The van der Waals surface area contributed by atoms with Gasteiger partial charge in [-0.25, -0.2) is 4.79 Å². The summed E-state index contributed by atoms with van der Waals surface area (Å²) in [5.41, 5.74) is 0.561. The van der Waals surface area contributed by atoms with Crippen LogP contribution in [-0.4, -0.2) is 43.6 Å². The zero-order chi connectivity index (χ0) is 18.6. The first-order chi connectivity index (χ1) is 12.4. The first-order valence-electron chi connectivity index (χ1n) is 8.18. The Hall–Kier alpha value is -3.07. The van der Waals surface area contributed by atoms with Gasteiger partial charge in [0.2, 0.25) is 5.95 Å². The average Bonchev–Trinajstić information content (AvgIpc) is 3.03. The minimum absolute atomic E-state index is 0.242. The van der Waals surface area contributed by atoms with E-state index in [1.807, 2.05) is 29.2 Å². The van der Waals surface area contributed by atoms with E-state index in [9.17, 15) is 14.7 Å². The molecule has 0 fully saturated rings. The number of β-amino-alcohol motifs (C(OH)–C–C–N with tert-alkyl or cyclic N) is 1. The lowest BCUT2D eigenvalue weighted by Gasteiger charge is -2.32. The second-order valence-corrected chi connectivity index (χ2v) is 6.36. The Morgan fingerprint density at radius 2 is 1.81 bits per heavy atom. The molecule has 0 spiro atoms. The van der Waals surface area contributed by atoms with E-state index in [0.29, 0.717) is 23.7 Å². The van der Waals surface area contributed by atoms with Gasteiger partial charge in [-0.15, -0.1) is 0 Å². The van der Waals surface area contributed by atoms with Gasteiger partial charge in [0, 0.05) is 19.8 Å². The fourth-order valence-electron chi connectivity index (χ4n) is 3.36. The smallest absolute Gasteiger partial charge is 0.332 e. The van der Waals surface area contributed by atoms with Crippen LogP contribution in [0.15, 0.2) is 33.9 Å². The average molecular weight is 357 g/mol. The molecule has 9 heteroatoms. The van der Waals surface area contributed by atoms with Gasteiger partial charge in [-0.2, -0.15) is 4.98 Å². The van der Waals surface area contributed by atoms with Crippen LogP contribution in [0.1, 0.15) is 0 Å². The van der Waals surface area contributed by atoms with Gasteiger partial charge in [0.25, 0.3) is 5.56 Å². The maximum Gasteiger partial charge on any atom is 0.332 e. The molecule has 0 saturated heterocycles. The summed E-state index contributed by atoms with van der Waals surface area (Å²) < 4.78 is 9.26. The van der Waals surface area contributed by atoms with Crippen molar-refractivity contribution in [2.24, 2.45) is 14.1 Å². The lowest BCUT2D eigenvalue weighted by Crippen LogP contribution is -2.40. The number of nitrogens with zero attached hydrogens (tertiary/aromatic N) is 5. The van der Waals surface area contributed by atoms with Crippen LogP contribution in [-0.2, 0) is 20.6 Å². The van der Waals surface area contributed by atoms with Crippen molar-refractivity contribution in [1.29, 1.82) is 0 Å². The molecule has 3 aromatic rings. The Bertz CT molecular complexity index is 1110. The van der Waals surface area contributed by atoms with Gasteiger partial charge in [0.05, 0.1) is 26.3 Å². The highest BCUT2D eigenvalue weighted by Gasteiger charge is 2.30. The molecule has 0 saturated carbocycles. The second-order valence-electron chi connectivity index (χ2n) is 6.36. The number of imidazole rings is 1. The molecule has 0 bridgehead atoms. The van der Waals surface area contributed by atoms with E-state index >= 15 is 0 Å². The topological polar surface area (TPSA) is 94.5 Å². The van der Waals surface area contributed by atoms with Crippen molar-refractivity contribution in [2.45, 2.75) is 12.6 Å². The van der Waals surface area contributed by atoms with Crippen molar-refractivity contribution in [3.63, 3.8) is 0 Å². The summed E-state index contributed by atoms with van der Waals surface area (Å²) in [7, 11) is 4.61. The number of methoxy groups -OCH3 is 1. The number of aliphatic hydroxyl groups is 1. The number of aromatic nitrogens is 4. The van der Waals surface area contributed by atoms with Crippen molar-refractivity contribution in [3.05, 3.63) is 45.1 Å². The lowest BCUT2D eigenvalue weighted by molar-refractivity contribution is 0.154. The summed E-state index contributed by atoms with van der Waals surface area (Å²) in [6.45, 7) is 0.579. The second kappa shape index (κ2) is 5.73. The van der Waals surface area contributed by atoms with E-state index < -0.39 is 17.4 Å². The van der Waals surface area contributed by atoms with Gasteiger partial charge in [-0.05, 0) is 24.3 Å². The molecule has 1 aliphatic heterocycles. The van der Waals surface area contributed by atoms with Crippen LogP contribution < -0.4 is 20.9 Å². The van der Waals surface area contributed by atoms with Crippen LogP contribution in [0, 0.1) is 0 Å². The maximum atomic E-state index is 12.6. The molecule has 0 aliphatic carbocycles. The summed E-state index contributed by atoms with van der Waals surface area (Å²) >= 11 is 0. The molecule has 0 amide bonds. The Morgan fingerprint density at radius 1 is 1.12 bits per heavy atom. The predicted molar refractivity (Wildman–Crippen MR) is 96.2 cm³/mol. The third-order valence-corrected chi connectivity index (χ3v) is 4.74. The molecule has 136 valence electrons. The fraction of sp³-hybridized carbons (Fsp3) is 0.353. The Morgan fingerprint density at radius 3 is 2.46 bits per heavy atom. The molecule has 9 nitrogen and oxygen atoms in total. The Balaban J connectivity index is 1.98. The van der Waals surface area contributed by atoms with E-state index in [1.54, 1.807) is 18.7 Å². The highest BCUT2D eigenvalue weighted by molar-refractivity contribution is 5.77. The van der Waals surface area contributed by atoms with Crippen LogP contribution in [0.4, 0.5) is 11.6 Å². The third kappa shape index (κ3) is 2.24. The predicted octanol–water partition coefficient (Wildman–Crippen LogP) is -0.0451.